The Kier molecular flexibility index (Phi) is 5.43. The van der Waals surface area contributed by atoms with Crippen molar-refractivity contribution in [1.29, 1.82) is 0 Å². The number of hydrogen-bond donors (Lipinski definition) is 0. The second-order valence-corrected chi connectivity index (χ2v) is 3.87. The van der Waals surface area contributed by atoms with Gasteiger partial charge in [-0.25, -0.2) is 0 Å². The van der Waals surface area contributed by atoms with E-state index in [4.69, 9.17) is 21.1 Å². The third-order valence-electron chi connectivity index (χ3n) is 2.46. The third-order valence-corrected chi connectivity index (χ3v) is 2.87. The number of benzene rings is 1. The highest BCUT2D eigenvalue weighted by Gasteiger charge is 2.05. The third kappa shape index (κ3) is 3.58. The summed E-state index contributed by atoms with van der Waals surface area (Å²) in [5.74, 6) is 1.67. The van der Waals surface area contributed by atoms with Crippen LogP contribution in [0.2, 0.25) is 0 Å². The normalized spacial score (nSPS) is 10.6. The van der Waals surface area contributed by atoms with Crippen molar-refractivity contribution in [3.05, 3.63) is 23.8 Å². The van der Waals surface area contributed by atoms with Crippen LogP contribution in [0, 0.1) is 0 Å². The fraction of sp³-hybridized carbons (Fsp3) is 0.500. The zero-order chi connectivity index (χ0) is 12.0. The van der Waals surface area contributed by atoms with Crippen molar-refractivity contribution in [1.82, 2.24) is 4.90 Å². The van der Waals surface area contributed by atoms with E-state index >= 15 is 0 Å². The molecule has 1 rings (SSSR count). The molecule has 0 bridgehead atoms. The van der Waals surface area contributed by atoms with Gasteiger partial charge in [-0.05, 0) is 25.1 Å². The zero-order valence-corrected chi connectivity index (χ0v) is 10.8. The largest absolute Gasteiger partial charge is 0.497 e. The van der Waals surface area contributed by atoms with Gasteiger partial charge in [0.2, 0.25) is 0 Å². The first kappa shape index (κ1) is 13.1. The van der Waals surface area contributed by atoms with Crippen LogP contribution >= 0.6 is 11.6 Å². The fourth-order valence-corrected chi connectivity index (χ4v) is 1.55. The lowest BCUT2D eigenvalue weighted by molar-refractivity contribution is 0.376. The van der Waals surface area contributed by atoms with Gasteiger partial charge in [0.1, 0.15) is 11.5 Å². The van der Waals surface area contributed by atoms with Gasteiger partial charge in [-0.1, -0.05) is 6.07 Å². The highest BCUT2D eigenvalue weighted by Crippen LogP contribution is 2.24. The van der Waals surface area contributed by atoms with Gasteiger partial charge in [-0.15, -0.1) is 11.6 Å². The zero-order valence-electron chi connectivity index (χ0n) is 10.00. The van der Waals surface area contributed by atoms with Crippen LogP contribution < -0.4 is 9.47 Å². The van der Waals surface area contributed by atoms with E-state index in [1.165, 1.54) is 5.56 Å². The van der Waals surface area contributed by atoms with Crippen LogP contribution in [0.3, 0.4) is 0 Å². The van der Waals surface area contributed by atoms with Gasteiger partial charge < -0.3 is 9.47 Å². The molecular formula is C12H18ClNO2. The Labute approximate surface area is 102 Å². The van der Waals surface area contributed by atoms with E-state index in [9.17, 15) is 0 Å². The summed E-state index contributed by atoms with van der Waals surface area (Å²) in [6, 6.07) is 6.41. The highest BCUT2D eigenvalue weighted by molar-refractivity contribution is 6.17. The maximum Gasteiger partial charge on any atom is 0.125 e. The van der Waals surface area contributed by atoms with Gasteiger partial charge in [0.25, 0.3) is 0 Å². The molecule has 1 aromatic carbocycles. The van der Waals surface area contributed by atoms with Crippen LogP contribution in [0.25, 0.3) is 0 Å². The van der Waals surface area contributed by atoms with Gasteiger partial charge in [0.05, 0.1) is 20.2 Å². The molecule has 0 amide bonds. The van der Waals surface area contributed by atoms with Crippen LogP contribution in [0.15, 0.2) is 18.2 Å². The van der Waals surface area contributed by atoms with Crippen molar-refractivity contribution < 1.29 is 9.47 Å². The molecule has 90 valence electrons. The second kappa shape index (κ2) is 6.61. The molecule has 0 radical (unpaired) electrons. The molecule has 1 aromatic rings. The first-order valence-electron chi connectivity index (χ1n) is 5.16. The molecule has 0 unspecified atom stereocenters. The number of halogens is 1. The summed E-state index contributed by atoms with van der Waals surface area (Å²) in [4.78, 5) is 2.05. The maximum absolute atomic E-state index is 5.71. The Balaban J connectivity index is 2.71. The lowest BCUT2D eigenvalue weighted by Crippen LogP contribution is -2.19. The van der Waals surface area contributed by atoms with Crippen LogP contribution in [-0.2, 0) is 6.42 Å². The van der Waals surface area contributed by atoms with Gasteiger partial charge in [0, 0.05) is 12.6 Å². The number of ether oxygens (including phenoxy) is 2. The Bertz CT molecular complexity index is 331. The molecule has 0 spiro atoms. The lowest BCUT2D eigenvalue weighted by atomic mass is 10.1. The summed E-state index contributed by atoms with van der Waals surface area (Å²) in [6.45, 7) is 0.909. The predicted molar refractivity (Wildman–Crippen MR) is 66.6 cm³/mol. The molecule has 0 aliphatic rings. The van der Waals surface area contributed by atoms with E-state index in [1.54, 1.807) is 14.2 Å². The summed E-state index contributed by atoms with van der Waals surface area (Å²) in [6.07, 6.45) is 0.913. The summed E-state index contributed by atoms with van der Waals surface area (Å²) in [5, 5.41) is 0. The lowest BCUT2D eigenvalue weighted by Gasteiger charge is -2.14. The molecule has 0 aliphatic carbocycles. The molecule has 0 saturated heterocycles. The van der Waals surface area contributed by atoms with Crippen LogP contribution in [-0.4, -0.2) is 38.7 Å². The molecule has 0 N–H and O–H groups in total. The average Bonchev–Trinajstić information content (AvgIpc) is 2.35. The van der Waals surface area contributed by atoms with E-state index in [-0.39, 0.29) is 0 Å². The molecule has 3 nitrogen and oxygen atoms in total. The molecular weight excluding hydrogens is 226 g/mol. The molecule has 0 atom stereocenters. The number of rotatable bonds is 6. The Morgan fingerprint density at radius 3 is 2.56 bits per heavy atom. The minimum absolute atomic E-state index is 0.540. The summed E-state index contributed by atoms with van der Waals surface area (Å²) in [7, 11) is 5.31. The Morgan fingerprint density at radius 2 is 2.00 bits per heavy atom. The van der Waals surface area contributed by atoms with Crippen molar-refractivity contribution in [2.24, 2.45) is 0 Å². The van der Waals surface area contributed by atoms with Crippen molar-refractivity contribution in [2.45, 2.75) is 6.42 Å². The van der Waals surface area contributed by atoms with Crippen molar-refractivity contribution in [3.8, 4) is 11.5 Å². The maximum atomic E-state index is 5.71. The van der Waals surface area contributed by atoms with E-state index < -0.39 is 0 Å². The molecule has 0 heterocycles. The van der Waals surface area contributed by atoms with Gasteiger partial charge in [-0.2, -0.15) is 0 Å². The second-order valence-electron chi connectivity index (χ2n) is 3.63. The minimum atomic E-state index is 0.540. The summed E-state index contributed by atoms with van der Waals surface area (Å²) in [5.41, 5.74) is 1.17. The Hall–Kier alpha value is -0.930. The summed E-state index contributed by atoms with van der Waals surface area (Å²) >= 11 is 5.71. The quantitative estimate of drug-likeness (QED) is 0.566. The van der Waals surface area contributed by atoms with Gasteiger partial charge in [0.15, 0.2) is 0 Å². The SMILES string of the molecule is COc1ccc(CCN(C)CCl)c(OC)c1. The standard InChI is InChI=1S/C12H18ClNO2/c1-14(9-13)7-6-10-4-5-11(15-2)8-12(10)16-3/h4-5,8H,6-7,9H2,1-3H3. The molecule has 0 aromatic heterocycles. The van der Waals surface area contributed by atoms with E-state index in [0.717, 1.165) is 24.5 Å². The number of methoxy groups -OCH3 is 2. The highest BCUT2D eigenvalue weighted by atomic mass is 35.5. The average molecular weight is 244 g/mol. The molecule has 0 aliphatic heterocycles. The number of likely N-dealkylation sites (N-methyl/N-ethyl adjacent to an activating group) is 1. The molecule has 16 heavy (non-hydrogen) atoms. The van der Waals surface area contributed by atoms with Crippen LogP contribution in [0.4, 0.5) is 0 Å². The topological polar surface area (TPSA) is 21.7 Å². The van der Waals surface area contributed by atoms with Crippen molar-refractivity contribution in [2.75, 3.05) is 33.8 Å². The van der Waals surface area contributed by atoms with E-state index in [0.29, 0.717) is 6.00 Å². The summed E-state index contributed by atoms with van der Waals surface area (Å²) < 4.78 is 10.5. The molecule has 4 heteroatoms. The molecule has 0 fully saturated rings. The van der Waals surface area contributed by atoms with E-state index in [1.807, 2.05) is 30.1 Å². The fourth-order valence-electron chi connectivity index (χ4n) is 1.43. The number of hydrogen-bond acceptors (Lipinski definition) is 3. The monoisotopic (exact) mass is 243 g/mol. The predicted octanol–water partition coefficient (Wildman–Crippen LogP) is 2.37. The van der Waals surface area contributed by atoms with Gasteiger partial charge in [-0.3, -0.25) is 4.90 Å². The first-order chi connectivity index (χ1) is 7.71. The number of nitrogens with zero attached hydrogens (tertiary/aromatic N) is 1. The van der Waals surface area contributed by atoms with Gasteiger partial charge >= 0.3 is 0 Å². The van der Waals surface area contributed by atoms with Crippen LogP contribution in [0.1, 0.15) is 5.56 Å². The van der Waals surface area contributed by atoms with Crippen molar-refractivity contribution in [3.63, 3.8) is 0 Å². The number of alkyl halides is 1. The molecule has 0 saturated carbocycles. The van der Waals surface area contributed by atoms with E-state index in [2.05, 4.69) is 0 Å². The van der Waals surface area contributed by atoms with Crippen LogP contribution in [0.5, 0.6) is 11.5 Å². The first-order valence-corrected chi connectivity index (χ1v) is 5.70. The Morgan fingerprint density at radius 1 is 1.25 bits per heavy atom. The minimum Gasteiger partial charge on any atom is -0.497 e. The van der Waals surface area contributed by atoms with Crippen molar-refractivity contribution >= 4 is 11.6 Å². The smallest absolute Gasteiger partial charge is 0.125 e.